The molecule has 0 saturated carbocycles. The standard InChI is InChI=1S/C25H21N3O6S/c1-13-18(25(33)34-2)22(35-19(13)20(26)29)27-21(30)17(12-14-8-4-3-5-9-14)28-23(31)15-10-6-7-11-16(15)24(28)32/h3-11,17H,12H2,1-2H3,(H2,26,29)(H,27,30). The summed E-state index contributed by atoms with van der Waals surface area (Å²) in [5.41, 5.74) is 6.82. The number of hydrogen-bond donors (Lipinski definition) is 2. The molecular formula is C25H21N3O6S. The van der Waals surface area contributed by atoms with Crippen LogP contribution in [0.15, 0.2) is 54.6 Å². The smallest absolute Gasteiger partial charge is 0.341 e. The summed E-state index contributed by atoms with van der Waals surface area (Å²) in [7, 11) is 1.17. The average molecular weight is 492 g/mol. The Bertz CT molecular complexity index is 1330. The van der Waals surface area contributed by atoms with Gasteiger partial charge in [0.2, 0.25) is 5.91 Å². The highest BCUT2D eigenvalue weighted by Crippen LogP contribution is 2.34. The minimum Gasteiger partial charge on any atom is -0.465 e. The van der Waals surface area contributed by atoms with Crippen molar-refractivity contribution in [3.8, 4) is 0 Å². The van der Waals surface area contributed by atoms with Gasteiger partial charge >= 0.3 is 5.97 Å². The zero-order valence-corrected chi connectivity index (χ0v) is 19.7. The lowest BCUT2D eigenvalue weighted by Gasteiger charge is -2.25. The summed E-state index contributed by atoms with van der Waals surface area (Å²) in [6.45, 7) is 1.52. The van der Waals surface area contributed by atoms with Crippen LogP contribution in [-0.2, 0) is 16.0 Å². The number of anilines is 1. The Balaban J connectivity index is 1.74. The molecule has 1 unspecified atom stereocenters. The zero-order valence-electron chi connectivity index (χ0n) is 18.9. The predicted molar refractivity (Wildman–Crippen MR) is 128 cm³/mol. The molecule has 2 aromatic carbocycles. The van der Waals surface area contributed by atoms with E-state index in [1.54, 1.807) is 36.4 Å². The Morgan fingerprint density at radius 1 is 1.00 bits per heavy atom. The zero-order chi connectivity index (χ0) is 25.3. The summed E-state index contributed by atoms with van der Waals surface area (Å²) >= 11 is 0.826. The van der Waals surface area contributed by atoms with Crippen molar-refractivity contribution in [3.05, 3.63) is 87.3 Å². The minimum absolute atomic E-state index is 0.0135. The molecule has 9 nitrogen and oxygen atoms in total. The molecule has 1 aliphatic heterocycles. The third kappa shape index (κ3) is 4.31. The molecule has 0 spiro atoms. The second-order valence-corrected chi connectivity index (χ2v) is 8.86. The Morgan fingerprint density at radius 3 is 2.11 bits per heavy atom. The number of rotatable bonds is 7. The molecule has 0 saturated heterocycles. The van der Waals surface area contributed by atoms with Crippen LogP contribution in [0.25, 0.3) is 0 Å². The van der Waals surface area contributed by atoms with Crippen molar-refractivity contribution in [3.63, 3.8) is 0 Å². The van der Waals surface area contributed by atoms with Gasteiger partial charge in [0.05, 0.1) is 28.7 Å². The molecule has 4 rings (SSSR count). The molecule has 4 amide bonds. The number of nitrogens with one attached hydrogen (secondary N) is 1. The summed E-state index contributed by atoms with van der Waals surface area (Å²) in [4.78, 5) is 65.2. The topological polar surface area (TPSA) is 136 Å². The van der Waals surface area contributed by atoms with Gasteiger partial charge in [0.1, 0.15) is 11.0 Å². The van der Waals surface area contributed by atoms with Crippen LogP contribution in [0, 0.1) is 6.92 Å². The molecule has 1 aromatic heterocycles. The fraction of sp³-hybridized carbons (Fsp3) is 0.160. The Hall–Kier alpha value is -4.31. The molecular weight excluding hydrogens is 470 g/mol. The largest absolute Gasteiger partial charge is 0.465 e. The number of carbonyl (C=O) groups excluding carboxylic acids is 5. The molecule has 10 heteroatoms. The van der Waals surface area contributed by atoms with Crippen LogP contribution in [0.2, 0.25) is 0 Å². The van der Waals surface area contributed by atoms with E-state index in [2.05, 4.69) is 5.32 Å². The van der Waals surface area contributed by atoms with Crippen molar-refractivity contribution in [2.24, 2.45) is 5.73 Å². The number of carbonyl (C=O) groups is 5. The third-order valence-corrected chi connectivity index (χ3v) is 6.93. The fourth-order valence-corrected chi connectivity index (χ4v) is 5.06. The van der Waals surface area contributed by atoms with Gasteiger partial charge in [-0.3, -0.25) is 24.1 Å². The lowest BCUT2D eigenvalue weighted by molar-refractivity contribution is -0.119. The molecule has 0 aliphatic carbocycles. The number of nitrogens with zero attached hydrogens (tertiary/aromatic N) is 1. The predicted octanol–water partition coefficient (Wildman–Crippen LogP) is 2.79. The van der Waals surface area contributed by atoms with Crippen LogP contribution in [-0.4, -0.2) is 47.6 Å². The summed E-state index contributed by atoms with van der Waals surface area (Å²) in [5.74, 6) is -3.41. The second-order valence-electron chi connectivity index (χ2n) is 7.84. The van der Waals surface area contributed by atoms with Crippen LogP contribution in [0.3, 0.4) is 0 Å². The molecule has 0 fully saturated rings. The number of hydrogen-bond acceptors (Lipinski definition) is 7. The van der Waals surface area contributed by atoms with Crippen LogP contribution >= 0.6 is 11.3 Å². The summed E-state index contributed by atoms with van der Waals surface area (Å²) in [5, 5.41) is 2.68. The highest BCUT2D eigenvalue weighted by atomic mass is 32.1. The number of nitrogens with two attached hydrogens (primary N) is 1. The Morgan fingerprint density at radius 2 is 1.57 bits per heavy atom. The van der Waals surface area contributed by atoms with Gasteiger partial charge in [0.25, 0.3) is 17.7 Å². The molecule has 3 aromatic rings. The molecule has 3 N–H and O–H groups in total. The van der Waals surface area contributed by atoms with Crippen molar-refractivity contribution >= 4 is 45.9 Å². The van der Waals surface area contributed by atoms with Gasteiger partial charge in [-0.05, 0) is 30.2 Å². The Kier molecular flexibility index (Phi) is 6.48. The van der Waals surface area contributed by atoms with Crippen LogP contribution in [0.5, 0.6) is 0 Å². The molecule has 2 heterocycles. The number of esters is 1. The molecule has 1 aliphatic rings. The van der Waals surface area contributed by atoms with Crippen molar-refractivity contribution in [1.82, 2.24) is 4.90 Å². The van der Waals surface area contributed by atoms with Gasteiger partial charge in [-0.25, -0.2) is 4.79 Å². The summed E-state index contributed by atoms with van der Waals surface area (Å²) in [6.07, 6.45) is 0.0404. The first-order valence-electron chi connectivity index (χ1n) is 10.6. The van der Waals surface area contributed by atoms with Gasteiger partial charge in [-0.15, -0.1) is 11.3 Å². The first-order chi connectivity index (χ1) is 16.7. The van der Waals surface area contributed by atoms with Crippen LogP contribution < -0.4 is 11.1 Å². The average Bonchev–Trinajstić information content (AvgIpc) is 3.31. The van der Waals surface area contributed by atoms with E-state index < -0.39 is 35.6 Å². The van der Waals surface area contributed by atoms with E-state index in [1.807, 2.05) is 6.07 Å². The lowest BCUT2D eigenvalue weighted by atomic mass is 10.0. The molecule has 1 atom stereocenters. The number of fused-ring (bicyclic) bond motifs is 1. The van der Waals surface area contributed by atoms with Gasteiger partial charge in [-0.2, -0.15) is 0 Å². The number of benzene rings is 2. The van der Waals surface area contributed by atoms with E-state index in [0.29, 0.717) is 0 Å². The summed E-state index contributed by atoms with van der Waals surface area (Å²) in [6, 6.07) is 14.0. The number of primary amides is 1. The van der Waals surface area contributed by atoms with Crippen molar-refractivity contribution in [2.45, 2.75) is 19.4 Å². The van der Waals surface area contributed by atoms with E-state index in [-0.39, 0.29) is 38.6 Å². The number of imide groups is 1. The normalized spacial score (nSPS) is 13.4. The van der Waals surface area contributed by atoms with E-state index in [9.17, 15) is 24.0 Å². The van der Waals surface area contributed by atoms with Crippen LogP contribution in [0.4, 0.5) is 5.00 Å². The van der Waals surface area contributed by atoms with E-state index in [1.165, 1.54) is 26.2 Å². The van der Waals surface area contributed by atoms with E-state index in [0.717, 1.165) is 21.8 Å². The maximum absolute atomic E-state index is 13.6. The molecule has 0 radical (unpaired) electrons. The number of amides is 4. The third-order valence-electron chi connectivity index (χ3n) is 5.71. The van der Waals surface area contributed by atoms with E-state index in [4.69, 9.17) is 10.5 Å². The maximum Gasteiger partial charge on any atom is 0.341 e. The number of thiophene rings is 1. The SMILES string of the molecule is COC(=O)c1c(NC(=O)C(Cc2ccccc2)N2C(=O)c3ccccc3C2=O)sc(C(N)=O)c1C. The Labute approximate surface area is 204 Å². The van der Waals surface area contributed by atoms with E-state index >= 15 is 0 Å². The quantitative estimate of drug-likeness (QED) is 0.385. The highest BCUT2D eigenvalue weighted by Gasteiger charge is 2.43. The van der Waals surface area contributed by atoms with Gasteiger partial charge in [0.15, 0.2) is 0 Å². The summed E-state index contributed by atoms with van der Waals surface area (Å²) < 4.78 is 4.81. The van der Waals surface area contributed by atoms with Crippen molar-refractivity contribution in [2.75, 3.05) is 12.4 Å². The molecule has 0 bridgehead atoms. The minimum atomic E-state index is -1.23. The first-order valence-corrected chi connectivity index (χ1v) is 11.4. The van der Waals surface area contributed by atoms with Crippen molar-refractivity contribution < 1.29 is 28.7 Å². The number of ether oxygens (including phenoxy) is 1. The van der Waals surface area contributed by atoms with Gasteiger partial charge < -0.3 is 15.8 Å². The van der Waals surface area contributed by atoms with Gasteiger partial charge in [-0.1, -0.05) is 42.5 Å². The molecule has 178 valence electrons. The fourth-order valence-electron chi connectivity index (χ4n) is 4.01. The van der Waals surface area contributed by atoms with Gasteiger partial charge in [0, 0.05) is 6.42 Å². The second kappa shape index (κ2) is 9.51. The van der Waals surface area contributed by atoms with Crippen LogP contribution in [0.1, 0.15) is 51.9 Å². The highest BCUT2D eigenvalue weighted by molar-refractivity contribution is 7.18. The molecule has 35 heavy (non-hydrogen) atoms. The lowest BCUT2D eigenvalue weighted by Crippen LogP contribution is -2.48. The monoisotopic (exact) mass is 491 g/mol. The number of methoxy groups -OCH3 is 1. The maximum atomic E-state index is 13.6. The van der Waals surface area contributed by atoms with Crippen molar-refractivity contribution in [1.29, 1.82) is 0 Å². The first kappa shape index (κ1) is 23.8.